The van der Waals surface area contributed by atoms with Gasteiger partial charge in [-0.25, -0.2) is 9.37 Å². The van der Waals surface area contributed by atoms with Crippen molar-refractivity contribution in [2.75, 3.05) is 11.9 Å². The first-order valence-corrected chi connectivity index (χ1v) is 13.6. The van der Waals surface area contributed by atoms with Gasteiger partial charge in [-0.2, -0.15) is 9.78 Å². The number of rotatable bonds is 9. The second-order valence-corrected chi connectivity index (χ2v) is 10.5. The molecule has 196 valence electrons. The molecule has 4 rings (SSSR count). The topological polar surface area (TPSA) is 85.6 Å². The number of hydrogen-bond acceptors (Lipinski definition) is 5. The van der Waals surface area contributed by atoms with Gasteiger partial charge in [-0.1, -0.05) is 46.9 Å². The summed E-state index contributed by atoms with van der Waals surface area (Å²) >= 11 is 13.2. The van der Waals surface area contributed by atoms with Crippen molar-refractivity contribution < 1.29 is 13.9 Å². The standard InChI is InChI=1S/C27H22Br2ClFN4O3/c1-2-3-7-24-34-23-9-8-17(28)12-20(23)27(37)35(24)32-14-16-10-21(29)26(22(30)11-16)38-15-25(36)33-19-6-4-5-18(31)13-19/h4-6,8-14H,2-3,7,15H2,1H3,(H,33,36). The van der Waals surface area contributed by atoms with Gasteiger partial charge < -0.3 is 10.1 Å². The summed E-state index contributed by atoms with van der Waals surface area (Å²) in [6.45, 7) is 1.73. The molecule has 38 heavy (non-hydrogen) atoms. The average molecular weight is 665 g/mol. The van der Waals surface area contributed by atoms with E-state index < -0.39 is 11.7 Å². The first-order chi connectivity index (χ1) is 18.2. The van der Waals surface area contributed by atoms with Crippen LogP contribution in [0.1, 0.15) is 31.2 Å². The maximum atomic E-state index is 13.3. The molecular formula is C27H22Br2ClFN4O3. The quantitative estimate of drug-likeness (QED) is 0.196. The number of aromatic nitrogens is 2. The Morgan fingerprint density at radius 3 is 2.76 bits per heavy atom. The molecule has 1 amide bonds. The fraction of sp³-hybridized carbons (Fsp3) is 0.185. The van der Waals surface area contributed by atoms with Crippen molar-refractivity contribution in [1.29, 1.82) is 0 Å². The molecule has 0 aliphatic carbocycles. The van der Waals surface area contributed by atoms with Gasteiger partial charge in [0.25, 0.3) is 11.5 Å². The number of aryl methyl sites for hydroxylation is 1. The minimum Gasteiger partial charge on any atom is -0.481 e. The number of amides is 1. The zero-order valence-electron chi connectivity index (χ0n) is 20.2. The number of unbranched alkanes of at least 4 members (excludes halogenated alkanes) is 1. The van der Waals surface area contributed by atoms with Crippen molar-refractivity contribution in [1.82, 2.24) is 9.66 Å². The Balaban J connectivity index is 1.55. The summed E-state index contributed by atoms with van der Waals surface area (Å²) in [7, 11) is 0. The Kier molecular flexibility index (Phi) is 9.30. The highest BCUT2D eigenvalue weighted by atomic mass is 79.9. The van der Waals surface area contributed by atoms with Gasteiger partial charge in [0.2, 0.25) is 0 Å². The molecule has 4 aromatic rings. The van der Waals surface area contributed by atoms with Crippen LogP contribution in [0.3, 0.4) is 0 Å². The van der Waals surface area contributed by atoms with Crippen molar-refractivity contribution in [3.63, 3.8) is 0 Å². The van der Waals surface area contributed by atoms with Crippen LogP contribution in [0.2, 0.25) is 5.02 Å². The van der Waals surface area contributed by atoms with E-state index in [0.717, 1.165) is 17.3 Å². The van der Waals surface area contributed by atoms with Crippen LogP contribution in [0, 0.1) is 5.82 Å². The number of carbonyl (C=O) groups is 1. The van der Waals surface area contributed by atoms with Crippen molar-refractivity contribution >= 4 is 72.2 Å². The highest BCUT2D eigenvalue weighted by Gasteiger charge is 2.14. The first kappa shape index (κ1) is 27.9. The van der Waals surface area contributed by atoms with Gasteiger partial charge in [-0.3, -0.25) is 9.59 Å². The molecule has 0 radical (unpaired) electrons. The molecule has 11 heteroatoms. The van der Waals surface area contributed by atoms with E-state index in [1.165, 1.54) is 29.1 Å². The Labute approximate surface area is 239 Å². The number of halogens is 4. The Morgan fingerprint density at radius 2 is 2.03 bits per heavy atom. The maximum Gasteiger partial charge on any atom is 0.282 e. The van der Waals surface area contributed by atoms with Crippen LogP contribution in [0.4, 0.5) is 10.1 Å². The summed E-state index contributed by atoms with van der Waals surface area (Å²) in [5, 5.41) is 7.68. The zero-order chi connectivity index (χ0) is 27.2. The molecule has 1 aromatic heterocycles. The van der Waals surface area contributed by atoms with Crippen LogP contribution in [-0.2, 0) is 11.2 Å². The second-order valence-electron chi connectivity index (χ2n) is 8.32. The van der Waals surface area contributed by atoms with Gasteiger partial charge in [-0.15, -0.1) is 0 Å². The summed E-state index contributed by atoms with van der Waals surface area (Å²) in [6.07, 6.45) is 3.92. The molecule has 3 aromatic carbocycles. The average Bonchev–Trinajstić information content (AvgIpc) is 2.87. The normalized spacial score (nSPS) is 11.3. The van der Waals surface area contributed by atoms with Crippen LogP contribution >= 0.6 is 43.5 Å². The Morgan fingerprint density at radius 1 is 1.21 bits per heavy atom. The minimum atomic E-state index is -0.473. The second kappa shape index (κ2) is 12.6. The molecular weight excluding hydrogens is 643 g/mol. The van der Waals surface area contributed by atoms with E-state index in [0.29, 0.717) is 38.9 Å². The summed E-state index contributed by atoms with van der Waals surface area (Å²) in [6, 6.07) is 14.2. The fourth-order valence-electron chi connectivity index (χ4n) is 3.63. The summed E-state index contributed by atoms with van der Waals surface area (Å²) in [5.74, 6) is -0.105. The number of fused-ring (bicyclic) bond motifs is 1. The predicted octanol–water partition coefficient (Wildman–Crippen LogP) is 6.96. The molecule has 0 saturated heterocycles. The molecule has 1 N–H and O–H groups in total. The largest absolute Gasteiger partial charge is 0.481 e. The molecule has 0 aliphatic heterocycles. The van der Waals surface area contributed by atoms with Crippen molar-refractivity contribution in [2.45, 2.75) is 26.2 Å². The summed E-state index contributed by atoms with van der Waals surface area (Å²) in [5.41, 5.74) is 1.26. The molecule has 0 aliphatic rings. The lowest BCUT2D eigenvalue weighted by molar-refractivity contribution is -0.118. The molecule has 0 unspecified atom stereocenters. The lowest BCUT2D eigenvalue weighted by Gasteiger charge is -2.12. The van der Waals surface area contributed by atoms with E-state index in [9.17, 15) is 14.0 Å². The lowest BCUT2D eigenvalue weighted by Crippen LogP contribution is -2.22. The maximum absolute atomic E-state index is 13.3. The number of nitrogens with zero attached hydrogens (tertiary/aromatic N) is 3. The van der Waals surface area contributed by atoms with Gasteiger partial charge in [0.05, 0.1) is 26.6 Å². The van der Waals surface area contributed by atoms with Crippen molar-refractivity contribution in [2.24, 2.45) is 5.10 Å². The van der Waals surface area contributed by atoms with Crippen LogP contribution in [0.25, 0.3) is 10.9 Å². The number of ether oxygens (including phenoxy) is 1. The van der Waals surface area contributed by atoms with Gasteiger partial charge in [-0.05, 0) is 76.4 Å². The van der Waals surface area contributed by atoms with E-state index in [2.05, 4.69) is 54.2 Å². The van der Waals surface area contributed by atoms with Gasteiger partial charge in [0.15, 0.2) is 12.4 Å². The Hall–Kier alpha value is -3.08. The van der Waals surface area contributed by atoms with E-state index in [4.69, 9.17) is 16.3 Å². The number of anilines is 1. The van der Waals surface area contributed by atoms with Crippen LogP contribution in [-0.4, -0.2) is 28.4 Å². The summed E-state index contributed by atoms with van der Waals surface area (Å²) < 4.78 is 21.5. The van der Waals surface area contributed by atoms with Crippen LogP contribution in [0.15, 0.2) is 73.4 Å². The molecule has 1 heterocycles. The van der Waals surface area contributed by atoms with Gasteiger partial charge in [0, 0.05) is 16.6 Å². The highest BCUT2D eigenvalue weighted by Crippen LogP contribution is 2.34. The van der Waals surface area contributed by atoms with Gasteiger partial charge >= 0.3 is 0 Å². The first-order valence-electron chi connectivity index (χ1n) is 11.7. The van der Waals surface area contributed by atoms with E-state index >= 15 is 0 Å². The fourth-order valence-corrected chi connectivity index (χ4v) is 4.98. The lowest BCUT2D eigenvalue weighted by atomic mass is 10.2. The van der Waals surface area contributed by atoms with E-state index in [1.54, 1.807) is 30.3 Å². The monoisotopic (exact) mass is 662 g/mol. The minimum absolute atomic E-state index is 0.235. The predicted molar refractivity (Wildman–Crippen MR) is 155 cm³/mol. The third-order valence-electron chi connectivity index (χ3n) is 5.43. The van der Waals surface area contributed by atoms with E-state index in [1.807, 2.05) is 6.07 Å². The molecule has 0 atom stereocenters. The molecule has 0 bridgehead atoms. The van der Waals surface area contributed by atoms with Crippen molar-refractivity contribution in [3.05, 3.63) is 96.1 Å². The number of benzene rings is 3. The highest BCUT2D eigenvalue weighted by molar-refractivity contribution is 9.10. The molecule has 0 saturated carbocycles. The third kappa shape index (κ3) is 6.86. The van der Waals surface area contributed by atoms with Gasteiger partial charge in [0.1, 0.15) is 11.6 Å². The Bertz CT molecular complexity index is 1570. The number of hydrogen-bond donors (Lipinski definition) is 1. The smallest absolute Gasteiger partial charge is 0.282 e. The number of carbonyl (C=O) groups excluding carboxylic acids is 1. The third-order valence-corrected chi connectivity index (χ3v) is 6.79. The van der Waals surface area contributed by atoms with Crippen molar-refractivity contribution in [3.8, 4) is 5.75 Å². The zero-order valence-corrected chi connectivity index (χ0v) is 24.1. The number of nitrogens with one attached hydrogen (secondary N) is 1. The summed E-state index contributed by atoms with van der Waals surface area (Å²) in [4.78, 5) is 30.1. The molecule has 7 nitrogen and oxygen atoms in total. The molecule has 0 spiro atoms. The van der Waals surface area contributed by atoms with Crippen LogP contribution < -0.4 is 15.6 Å². The van der Waals surface area contributed by atoms with E-state index in [-0.39, 0.29) is 22.9 Å². The molecule has 0 fully saturated rings. The van der Waals surface area contributed by atoms with Crippen LogP contribution in [0.5, 0.6) is 5.75 Å². The SMILES string of the molecule is CCCCc1nc2ccc(Br)cc2c(=O)n1N=Cc1cc(Cl)c(OCC(=O)Nc2cccc(F)c2)c(Br)c1.